The van der Waals surface area contributed by atoms with Crippen LogP contribution < -0.4 is 0 Å². The van der Waals surface area contributed by atoms with E-state index in [0.29, 0.717) is 0 Å². The summed E-state index contributed by atoms with van der Waals surface area (Å²) in [5.41, 5.74) is -1.39. The van der Waals surface area contributed by atoms with Crippen LogP contribution in [0.5, 0.6) is 0 Å². The number of amides is 1. The molecule has 0 saturated carbocycles. The molecule has 9 heteroatoms. The van der Waals surface area contributed by atoms with Gasteiger partial charge in [-0.2, -0.15) is 13.2 Å². The molecule has 3 rings (SSSR count). The van der Waals surface area contributed by atoms with E-state index < -0.39 is 47.6 Å². The Bertz CT molecular complexity index is 1120. The molecule has 0 aromatic heterocycles. The predicted molar refractivity (Wildman–Crippen MR) is 114 cm³/mol. The van der Waals surface area contributed by atoms with Crippen LogP contribution in [-0.2, 0) is 27.0 Å². The van der Waals surface area contributed by atoms with Crippen molar-refractivity contribution in [2.75, 3.05) is 6.61 Å². The number of benzene rings is 2. The number of nitrogens with zero attached hydrogens (tertiary/aromatic N) is 1. The van der Waals surface area contributed by atoms with Crippen LogP contribution in [0.3, 0.4) is 0 Å². The second kappa shape index (κ2) is 9.95. The first-order valence-electron chi connectivity index (χ1n) is 10.7. The Labute approximate surface area is 194 Å². The third-order valence-corrected chi connectivity index (χ3v) is 5.59. The highest BCUT2D eigenvalue weighted by molar-refractivity contribution is 5.96. The van der Waals surface area contributed by atoms with Gasteiger partial charge in [-0.3, -0.25) is 4.79 Å². The van der Waals surface area contributed by atoms with Gasteiger partial charge in [0, 0.05) is 23.6 Å². The molecule has 0 saturated heterocycles. The first-order chi connectivity index (χ1) is 15.9. The maximum absolute atomic E-state index is 14.3. The van der Waals surface area contributed by atoms with Gasteiger partial charge in [0.25, 0.3) is 0 Å². The van der Waals surface area contributed by atoms with E-state index >= 15 is 0 Å². The lowest BCUT2D eigenvalue weighted by Gasteiger charge is -2.35. The zero-order valence-electron chi connectivity index (χ0n) is 18.9. The molecule has 2 aromatic carbocycles. The highest BCUT2D eigenvalue weighted by Gasteiger charge is 2.42. The van der Waals surface area contributed by atoms with Gasteiger partial charge in [0.15, 0.2) is 11.6 Å². The van der Waals surface area contributed by atoms with Crippen molar-refractivity contribution in [1.82, 2.24) is 4.90 Å². The van der Waals surface area contributed by atoms with Crippen LogP contribution in [-0.4, -0.2) is 23.4 Å². The molecule has 0 aliphatic carbocycles. The molecule has 182 valence electrons. The van der Waals surface area contributed by atoms with E-state index in [4.69, 9.17) is 4.74 Å². The standard InChI is InChI=1S/C25H24F5NO3/c1-14(2)13-34-24(33)22-15(3)31(12-16-7-6-10-20(26)23(16)27)21(32)11-18(22)17-8-4-5-9-19(17)25(28,29)30/h4-10,14,18H,11-13H2,1-3H3/t18-/m1/s1. The van der Waals surface area contributed by atoms with E-state index in [2.05, 4.69) is 0 Å². The lowest BCUT2D eigenvalue weighted by atomic mass is 9.81. The molecular formula is C25H24F5NO3. The topological polar surface area (TPSA) is 46.6 Å². The first-order valence-corrected chi connectivity index (χ1v) is 10.7. The third-order valence-electron chi connectivity index (χ3n) is 5.59. The van der Waals surface area contributed by atoms with Gasteiger partial charge in [-0.1, -0.05) is 44.2 Å². The molecule has 2 aromatic rings. The Morgan fingerprint density at radius 3 is 2.44 bits per heavy atom. The summed E-state index contributed by atoms with van der Waals surface area (Å²) < 4.78 is 74.4. The SMILES string of the molecule is CC1=C(C(=O)OCC(C)C)[C@@H](c2ccccc2C(F)(F)F)CC(=O)N1Cc1cccc(F)c1F. The van der Waals surface area contributed by atoms with Crippen molar-refractivity contribution in [3.63, 3.8) is 0 Å². The third kappa shape index (κ3) is 5.29. The molecule has 1 aliphatic rings. The van der Waals surface area contributed by atoms with Gasteiger partial charge in [-0.25, -0.2) is 13.6 Å². The number of rotatable bonds is 6. The number of carbonyl (C=O) groups excluding carboxylic acids is 2. The van der Waals surface area contributed by atoms with E-state index in [0.717, 1.165) is 17.0 Å². The van der Waals surface area contributed by atoms with E-state index in [1.807, 2.05) is 0 Å². The summed E-state index contributed by atoms with van der Waals surface area (Å²) in [6.07, 6.45) is -5.17. The number of ether oxygens (including phenoxy) is 1. The lowest BCUT2D eigenvalue weighted by molar-refractivity contribution is -0.143. The molecule has 0 radical (unpaired) electrons. The fraction of sp³-hybridized carbons (Fsp3) is 0.360. The molecule has 4 nitrogen and oxygen atoms in total. The Kier molecular flexibility index (Phi) is 7.43. The summed E-state index contributed by atoms with van der Waals surface area (Å²) in [6, 6.07) is 8.24. The summed E-state index contributed by atoms with van der Waals surface area (Å²) in [4.78, 5) is 27.2. The molecule has 0 spiro atoms. The molecule has 0 fully saturated rings. The highest BCUT2D eigenvalue weighted by atomic mass is 19.4. The van der Waals surface area contributed by atoms with Crippen molar-refractivity contribution in [3.05, 3.63) is 82.1 Å². The number of halogens is 5. The fourth-order valence-electron chi connectivity index (χ4n) is 3.95. The molecule has 0 N–H and O–H groups in total. The molecule has 1 atom stereocenters. The fourth-order valence-corrected chi connectivity index (χ4v) is 3.95. The van der Waals surface area contributed by atoms with E-state index in [-0.39, 0.29) is 41.5 Å². The average molecular weight is 481 g/mol. The van der Waals surface area contributed by atoms with Crippen LogP contribution in [0, 0.1) is 17.6 Å². The van der Waals surface area contributed by atoms with Crippen molar-refractivity contribution in [3.8, 4) is 0 Å². The number of allylic oxidation sites excluding steroid dienone is 1. The number of alkyl halides is 3. The Hall–Kier alpha value is -3.23. The van der Waals surface area contributed by atoms with Crippen LogP contribution >= 0.6 is 0 Å². The lowest BCUT2D eigenvalue weighted by Crippen LogP contribution is -2.38. The zero-order chi connectivity index (χ0) is 25.2. The van der Waals surface area contributed by atoms with Crippen LogP contribution in [0.15, 0.2) is 53.7 Å². The Balaban J connectivity index is 2.12. The molecule has 1 aliphatic heterocycles. The van der Waals surface area contributed by atoms with E-state index in [9.17, 15) is 31.5 Å². The summed E-state index contributed by atoms with van der Waals surface area (Å²) >= 11 is 0. The molecule has 0 bridgehead atoms. The summed E-state index contributed by atoms with van der Waals surface area (Å²) in [5.74, 6) is -4.96. The van der Waals surface area contributed by atoms with Crippen molar-refractivity contribution in [1.29, 1.82) is 0 Å². The number of hydrogen-bond acceptors (Lipinski definition) is 3. The minimum atomic E-state index is -4.71. The molecule has 34 heavy (non-hydrogen) atoms. The van der Waals surface area contributed by atoms with E-state index in [1.54, 1.807) is 13.8 Å². The van der Waals surface area contributed by atoms with Gasteiger partial charge in [-0.15, -0.1) is 0 Å². The summed E-state index contributed by atoms with van der Waals surface area (Å²) in [6.45, 7) is 4.63. The molecular weight excluding hydrogens is 457 g/mol. The van der Waals surface area contributed by atoms with Gasteiger partial charge in [0.2, 0.25) is 5.91 Å². The average Bonchev–Trinajstić information content (AvgIpc) is 2.76. The number of esters is 1. The van der Waals surface area contributed by atoms with Crippen LogP contribution in [0.2, 0.25) is 0 Å². The predicted octanol–water partition coefficient (Wildman–Crippen LogP) is 5.97. The second-order valence-corrected chi connectivity index (χ2v) is 8.53. The highest BCUT2D eigenvalue weighted by Crippen LogP contribution is 2.43. The van der Waals surface area contributed by atoms with E-state index in [1.165, 1.54) is 37.3 Å². The summed E-state index contributed by atoms with van der Waals surface area (Å²) in [5, 5.41) is 0. The monoisotopic (exact) mass is 481 g/mol. The van der Waals surface area contributed by atoms with Crippen LogP contribution in [0.4, 0.5) is 22.0 Å². The zero-order valence-corrected chi connectivity index (χ0v) is 18.9. The maximum atomic E-state index is 14.3. The normalized spacial score (nSPS) is 16.9. The van der Waals surface area contributed by atoms with Gasteiger partial charge in [0.05, 0.1) is 24.3 Å². The van der Waals surface area contributed by atoms with Crippen LogP contribution in [0.25, 0.3) is 0 Å². The Morgan fingerprint density at radius 1 is 1.12 bits per heavy atom. The number of carbonyl (C=O) groups is 2. The van der Waals surface area contributed by atoms with Crippen LogP contribution in [0.1, 0.15) is 49.8 Å². The quantitative estimate of drug-likeness (QED) is 0.377. The smallest absolute Gasteiger partial charge is 0.416 e. The molecule has 1 amide bonds. The minimum Gasteiger partial charge on any atom is -0.462 e. The van der Waals surface area contributed by atoms with Crippen molar-refractivity contribution >= 4 is 11.9 Å². The second-order valence-electron chi connectivity index (χ2n) is 8.53. The minimum absolute atomic E-state index is 0.0235. The first kappa shape index (κ1) is 25.4. The largest absolute Gasteiger partial charge is 0.462 e. The maximum Gasteiger partial charge on any atom is 0.416 e. The summed E-state index contributed by atoms with van der Waals surface area (Å²) in [7, 11) is 0. The Morgan fingerprint density at radius 2 is 1.79 bits per heavy atom. The van der Waals surface area contributed by atoms with Crippen molar-refractivity contribution in [2.24, 2.45) is 5.92 Å². The molecule has 1 heterocycles. The molecule has 0 unspecified atom stereocenters. The van der Waals surface area contributed by atoms with Gasteiger partial charge < -0.3 is 9.64 Å². The van der Waals surface area contributed by atoms with Crippen molar-refractivity contribution < 1.29 is 36.3 Å². The number of hydrogen-bond donors (Lipinski definition) is 0. The van der Waals surface area contributed by atoms with Gasteiger partial charge in [-0.05, 0) is 30.5 Å². The van der Waals surface area contributed by atoms with Crippen molar-refractivity contribution in [2.45, 2.75) is 45.8 Å². The van der Waals surface area contributed by atoms with Gasteiger partial charge >= 0.3 is 12.1 Å². The van der Waals surface area contributed by atoms with Gasteiger partial charge in [0.1, 0.15) is 0 Å².